The molecule has 0 saturated carbocycles. The van der Waals surface area contributed by atoms with Crippen LogP contribution >= 0.6 is 0 Å². The molecule has 5 nitrogen and oxygen atoms in total. The van der Waals surface area contributed by atoms with Crippen LogP contribution in [0.3, 0.4) is 0 Å². The van der Waals surface area contributed by atoms with E-state index in [0.717, 1.165) is 6.07 Å². The summed E-state index contributed by atoms with van der Waals surface area (Å²) in [5, 5.41) is 22.2. The summed E-state index contributed by atoms with van der Waals surface area (Å²) in [4.78, 5) is 11.9. The first-order valence-corrected chi connectivity index (χ1v) is 8.37. The Labute approximate surface area is 152 Å². The molecule has 6 heteroatoms. The van der Waals surface area contributed by atoms with Gasteiger partial charge < -0.3 is 21.3 Å². The Balaban J connectivity index is 1.82. The maximum Gasteiger partial charge on any atom is 0.248 e. The Bertz CT molecular complexity index is 792. The van der Waals surface area contributed by atoms with Crippen LogP contribution in [-0.4, -0.2) is 16.1 Å². The summed E-state index contributed by atoms with van der Waals surface area (Å²) in [5.74, 6) is -1.62. The number of hydrogen-bond acceptors (Lipinski definition) is 4. The number of allylic oxidation sites excluding steroid dienone is 1. The number of benzene rings is 2. The fourth-order valence-electron chi connectivity index (χ4n) is 2.53. The lowest BCUT2D eigenvalue weighted by Crippen LogP contribution is -2.10. The minimum Gasteiger partial charge on any atom is -0.505 e. The third-order valence-corrected chi connectivity index (χ3v) is 4.13. The Morgan fingerprint density at radius 1 is 1.31 bits per heavy atom. The number of anilines is 2. The van der Waals surface area contributed by atoms with Gasteiger partial charge in [0.15, 0.2) is 11.6 Å². The molecule has 26 heavy (non-hydrogen) atoms. The van der Waals surface area contributed by atoms with Crippen LogP contribution in [0.1, 0.15) is 31.4 Å². The normalized spacial score (nSPS) is 13.5. The molecule has 2 rings (SSSR count). The molecule has 5 N–H and O–H groups in total. The number of hydrogen-bond donors (Lipinski definition) is 4. The van der Waals surface area contributed by atoms with Crippen molar-refractivity contribution >= 4 is 17.3 Å². The van der Waals surface area contributed by atoms with Gasteiger partial charge in [-0.15, -0.1) is 0 Å². The predicted molar refractivity (Wildman–Crippen MR) is 100 cm³/mol. The molecule has 0 unspecified atom stereocenters. The van der Waals surface area contributed by atoms with Gasteiger partial charge in [-0.2, -0.15) is 0 Å². The maximum atomic E-state index is 13.4. The number of phenols is 1. The molecule has 0 aromatic heterocycles. The molecule has 0 spiro atoms. The quantitative estimate of drug-likeness (QED) is 0.448. The van der Waals surface area contributed by atoms with Crippen LogP contribution in [-0.2, 0) is 4.79 Å². The zero-order valence-corrected chi connectivity index (χ0v) is 14.5. The van der Waals surface area contributed by atoms with Gasteiger partial charge in [-0.1, -0.05) is 31.2 Å². The highest BCUT2D eigenvalue weighted by Crippen LogP contribution is 2.28. The zero-order chi connectivity index (χ0) is 19.1. The summed E-state index contributed by atoms with van der Waals surface area (Å²) in [6.07, 6.45) is 3.48. The van der Waals surface area contributed by atoms with E-state index in [-0.39, 0.29) is 11.8 Å². The van der Waals surface area contributed by atoms with Crippen LogP contribution in [0.2, 0.25) is 0 Å². The monoisotopic (exact) mass is 358 g/mol. The van der Waals surface area contributed by atoms with Crippen molar-refractivity contribution in [2.75, 3.05) is 11.1 Å². The second kappa shape index (κ2) is 9.01. The molecule has 0 fully saturated rings. The number of carbonyl (C=O) groups is 1. The van der Waals surface area contributed by atoms with Crippen molar-refractivity contribution in [2.24, 2.45) is 5.92 Å². The van der Waals surface area contributed by atoms with Crippen molar-refractivity contribution < 1.29 is 19.4 Å². The van der Waals surface area contributed by atoms with Gasteiger partial charge >= 0.3 is 0 Å². The summed E-state index contributed by atoms with van der Waals surface area (Å²) in [6.45, 7) is 1.84. The molecular weight excluding hydrogens is 335 g/mol. The van der Waals surface area contributed by atoms with Crippen molar-refractivity contribution in [1.29, 1.82) is 0 Å². The Morgan fingerprint density at radius 2 is 2.04 bits per heavy atom. The second-order valence-corrected chi connectivity index (χ2v) is 6.19. The molecule has 0 aliphatic heterocycles. The number of para-hydroxylation sites is 2. The molecule has 0 bridgehead atoms. The first kappa shape index (κ1) is 19.5. The lowest BCUT2D eigenvalue weighted by molar-refractivity contribution is -0.111. The molecule has 2 aromatic rings. The van der Waals surface area contributed by atoms with Gasteiger partial charge in [-0.25, -0.2) is 4.39 Å². The smallest absolute Gasteiger partial charge is 0.248 e. The van der Waals surface area contributed by atoms with Crippen molar-refractivity contribution in [2.45, 2.75) is 25.9 Å². The molecular formula is C20H23FN2O3. The van der Waals surface area contributed by atoms with Gasteiger partial charge in [0.05, 0.1) is 17.5 Å². The molecule has 138 valence electrons. The van der Waals surface area contributed by atoms with Crippen LogP contribution < -0.4 is 11.1 Å². The molecule has 2 aromatic carbocycles. The second-order valence-electron chi connectivity index (χ2n) is 6.19. The lowest BCUT2D eigenvalue weighted by atomic mass is 9.93. The summed E-state index contributed by atoms with van der Waals surface area (Å²) >= 11 is 0. The first-order valence-electron chi connectivity index (χ1n) is 8.37. The van der Waals surface area contributed by atoms with E-state index in [0.29, 0.717) is 29.8 Å². The third-order valence-electron chi connectivity index (χ3n) is 4.13. The van der Waals surface area contributed by atoms with Gasteiger partial charge in [-0.3, -0.25) is 4.79 Å². The number of phenolic OH excluding ortho intramolecular Hbond substituents is 1. The van der Waals surface area contributed by atoms with E-state index in [1.807, 2.05) is 6.92 Å². The van der Waals surface area contributed by atoms with Crippen LogP contribution in [0.15, 0.2) is 54.6 Å². The average molecular weight is 358 g/mol. The van der Waals surface area contributed by atoms with Crippen LogP contribution in [0.25, 0.3) is 0 Å². The summed E-state index contributed by atoms with van der Waals surface area (Å²) in [7, 11) is 0. The highest BCUT2D eigenvalue weighted by Gasteiger charge is 2.17. The Hall–Kier alpha value is -2.86. The standard InChI is InChI=1S/C20H23FN2O3/c1-13(20(26)14-10-11-18(24)15(21)12-14)6-2-5-9-19(25)23-17-8-4-3-7-16(17)22/h3-5,7-13,20,24,26H,2,6,22H2,1H3,(H,23,25)/b9-5+/t13-,20+/m0/s1. The fraction of sp³-hybridized carbons (Fsp3) is 0.250. The largest absolute Gasteiger partial charge is 0.505 e. The molecule has 0 heterocycles. The van der Waals surface area contributed by atoms with E-state index in [1.54, 1.807) is 30.3 Å². The van der Waals surface area contributed by atoms with E-state index in [9.17, 15) is 19.4 Å². The van der Waals surface area contributed by atoms with Crippen LogP contribution in [0.5, 0.6) is 5.75 Å². The Morgan fingerprint density at radius 3 is 2.73 bits per heavy atom. The highest BCUT2D eigenvalue weighted by atomic mass is 19.1. The van der Waals surface area contributed by atoms with Gasteiger partial charge in [0.25, 0.3) is 0 Å². The maximum absolute atomic E-state index is 13.4. The number of carbonyl (C=O) groups excluding carboxylic acids is 1. The van der Waals surface area contributed by atoms with E-state index in [4.69, 9.17) is 5.73 Å². The van der Waals surface area contributed by atoms with E-state index < -0.39 is 17.7 Å². The van der Waals surface area contributed by atoms with Crippen LogP contribution in [0, 0.1) is 11.7 Å². The molecule has 0 aliphatic rings. The van der Waals surface area contributed by atoms with Crippen molar-refractivity contribution in [1.82, 2.24) is 0 Å². The molecule has 0 radical (unpaired) electrons. The molecule has 0 aliphatic carbocycles. The number of rotatable bonds is 7. The lowest BCUT2D eigenvalue weighted by Gasteiger charge is -2.18. The van der Waals surface area contributed by atoms with Crippen molar-refractivity contribution in [3.63, 3.8) is 0 Å². The number of nitrogen functional groups attached to an aromatic ring is 1. The van der Waals surface area contributed by atoms with Crippen LogP contribution in [0.4, 0.5) is 15.8 Å². The van der Waals surface area contributed by atoms with Gasteiger partial charge in [0, 0.05) is 0 Å². The molecule has 2 atom stereocenters. The summed E-state index contributed by atoms with van der Waals surface area (Å²) in [6, 6.07) is 10.8. The predicted octanol–water partition coefficient (Wildman–Crippen LogP) is 3.76. The average Bonchev–Trinajstić information content (AvgIpc) is 2.62. The minimum absolute atomic E-state index is 0.142. The SMILES string of the molecule is C[C@@H](CC/C=C/C(=O)Nc1ccccc1N)[C@@H](O)c1ccc(O)c(F)c1. The first-order chi connectivity index (χ1) is 12.4. The topological polar surface area (TPSA) is 95.6 Å². The van der Waals surface area contributed by atoms with Gasteiger partial charge in [0.2, 0.25) is 5.91 Å². The number of halogens is 1. The molecule has 1 amide bonds. The number of aliphatic hydroxyl groups is 1. The van der Waals surface area contributed by atoms with Crippen molar-refractivity contribution in [3.05, 3.63) is 66.0 Å². The van der Waals surface area contributed by atoms with E-state index in [1.165, 1.54) is 18.2 Å². The minimum atomic E-state index is -0.851. The van der Waals surface area contributed by atoms with Gasteiger partial charge in [0.1, 0.15) is 0 Å². The van der Waals surface area contributed by atoms with E-state index >= 15 is 0 Å². The van der Waals surface area contributed by atoms with E-state index in [2.05, 4.69) is 5.32 Å². The Kier molecular flexibility index (Phi) is 6.74. The fourth-order valence-corrected chi connectivity index (χ4v) is 2.53. The number of nitrogens with one attached hydrogen (secondary N) is 1. The number of amides is 1. The van der Waals surface area contributed by atoms with Gasteiger partial charge in [-0.05, 0) is 54.7 Å². The zero-order valence-electron chi connectivity index (χ0n) is 14.5. The number of aliphatic hydroxyl groups excluding tert-OH is 1. The molecule has 0 saturated heterocycles. The van der Waals surface area contributed by atoms with Crippen molar-refractivity contribution in [3.8, 4) is 5.75 Å². The third kappa shape index (κ3) is 5.32. The summed E-state index contributed by atoms with van der Waals surface area (Å²) in [5.41, 5.74) is 7.22. The summed E-state index contributed by atoms with van der Waals surface area (Å²) < 4.78 is 13.4. The number of nitrogens with two attached hydrogens (primary N) is 1. The highest BCUT2D eigenvalue weighted by molar-refractivity contribution is 6.01. The number of aromatic hydroxyl groups is 1.